The molecule has 1 aromatic rings. The zero-order chi connectivity index (χ0) is 7.56. The van der Waals surface area contributed by atoms with E-state index in [0.29, 0.717) is 12.2 Å². The highest BCUT2D eigenvalue weighted by molar-refractivity contribution is 5.66. The van der Waals surface area contributed by atoms with E-state index in [1.807, 2.05) is 13.8 Å². The van der Waals surface area contributed by atoms with Gasteiger partial charge < -0.3 is 4.42 Å². The summed E-state index contributed by atoms with van der Waals surface area (Å²) in [5.41, 5.74) is 0. The molecule has 0 unspecified atom stereocenters. The molecular weight excluding hydrogens is 132 g/mol. The second kappa shape index (κ2) is 2.60. The van der Waals surface area contributed by atoms with Crippen LogP contribution in [0.1, 0.15) is 36.3 Å². The highest BCUT2D eigenvalue weighted by atomic mass is 16.4. The number of aromatic nitrogens is 2. The van der Waals surface area contributed by atoms with Crippen molar-refractivity contribution in [3.63, 3.8) is 0 Å². The van der Waals surface area contributed by atoms with Crippen LogP contribution in [-0.4, -0.2) is 16.5 Å². The first-order valence-electron chi connectivity index (χ1n) is 3.02. The molecular formula is C6H8N2O2. The van der Waals surface area contributed by atoms with E-state index in [2.05, 4.69) is 10.2 Å². The molecule has 0 atom stereocenters. The van der Waals surface area contributed by atoms with E-state index in [4.69, 9.17) is 4.42 Å². The van der Waals surface area contributed by atoms with Gasteiger partial charge in [-0.2, -0.15) is 0 Å². The number of rotatable bonds is 2. The predicted octanol–water partition coefficient (Wildman–Crippen LogP) is 1.01. The summed E-state index contributed by atoms with van der Waals surface area (Å²) in [6, 6.07) is 0. The minimum atomic E-state index is 0.0451. The maximum Gasteiger partial charge on any atom is 0.280 e. The average molecular weight is 140 g/mol. The average Bonchev–Trinajstić information content (AvgIpc) is 2.34. The number of nitrogens with zero attached hydrogens (tertiary/aromatic N) is 2. The van der Waals surface area contributed by atoms with E-state index < -0.39 is 0 Å². The summed E-state index contributed by atoms with van der Waals surface area (Å²) in [5, 5.41) is 7.11. The van der Waals surface area contributed by atoms with E-state index in [-0.39, 0.29) is 11.8 Å². The first-order chi connectivity index (χ1) is 4.74. The summed E-state index contributed by atoms with van der Waals surface area (Å²) in [7, 11) is 0. The van der Waals surface area contributed by atoms with Crippen molar-refractivity contribution in [2.75, 3.05) is 0 Å². The maximum absolute atomic E-state index is 10.0. The quantitative estimate of drug-likeness (QED) is 0.575. The minimum Gasteiger partial charge on any atom is -0.418 e. The third-order valence-corrected chi connectivity index (χ3v) is 1.05. The molecule has 4 heteroatoms. The smallest absolute Gasteiger partial charge is 0.280 e. The minimum absolute atomic E-state index is 0.0451. The second-order valence-corrected chi connectivity index (χ2v) is 2.25. The second-order valence-electron chi connectivity index (χ2n) is 2.25. The molecule has 4 nitrogen and oxygen atoms in total. The van der Waals surface area contributed by atoms with Crippen molar-refractivity contribution < 1.29 is 9.21 Å². The van der Waals surface area contributed by atoms with Gasteiger partial charge in [0.2, 0.25) is 12.2 Å². The van der Waals surface area contributed by atoms with Crippen molar-refractivity contribution >= 4 is 6.29 Å². The molecule has 10 heavy (non-hydrogen) atoms. The fourth-order valence-electron chi connectivity index (χ4n) is 0.527. The number of carbonyl (C=O) groups is 1. The Kier molecular flexibility index (Phi) is 1.80. The van der Waals surface area contributed by atoms with E-state index >= 15 is 0 Å². The fraction of sp³-hybridized carbons (Fsp3) is 0.500. The van der Waals surface area contributed by atoms with Gasteiger partial charge in [0.1, 0.15) is 0 Å². The first kappa shape index (κ1) is 6.92. The lowest BCUT2D eigenvalue weighted by Gasteiger charge is -1.91. The Labute approximate surface area is 58.3 Å². The van der Waals surface area contributed by atoms with E-state index in [9.17, 15) is 4.79 Å². The topological polar surface area (TPSA) is 56.0 Å². The Hall–Kier alpha value is -1.19. The van der Waals surface area contributed by atoms with Gasteiger partial charge in [-0.05, 0) is 0 Å². The van der Waals surface area contributed by atoms with Gasteiger partial charge in [0.05, 0.1) is 0 Å². The van der Waals surface area contributed by atoms with Crippen molar-refractivity contribution in [2.45, 2.75) is 19.8 Å². The number of aldehydes is 1. The highest BCUT2D eigenvalue weighted by Crippen LogP contribution is 2.10. The van der Waals surface area contributed by atoms with E-state index in [1.165, 1.54) is 0 Å². The summed E-state index contributed by atoms with van der Waals surface area (Å²) in [6.45, 7) is 3.84. The molecule has 1 aromatic heterocycles. The zero-order valence-electron chi connectivity index (χ0n) is 5.87. The van der Waals surface area contributed by atoms with Crippen LogP contribution in [0.15, 0.2) is 4.42 Å². The molecule has 54 valence electrons. The Morgan fingerprint density at radius 1 is 1.50 bits per heavy atom. The maximum atomic E-state index is 10.0. The monoisotopic (exact) mass is 140 g/mol. The van der Waals surface area contributed by atoms with Gasteiger partial charge in [-0.3, -0.25) is 4.79 Å². The third-order valence-electron chi connectivity index (χ3n) is 1.05. The SMILES string of the molecule is CC(C)c1nnc(C=O)o1. The molecule has 0 fully saturated rings. The normalized spacial score (nSPS) is 10.3. The molecule has 1 rings (SSSR count). The third kappa shape index (κ3) is 1.21. The van der Waals surface area contributed by atoms with E-state index in [1.54, 1.807) is 0 Å². The summed E-state index contributed by atoms with van der Waals surface area (Å²) in [5.74, 6) is 0.729. The summed E-state index contributed by atoms with van der Waals surface area (Å²) in [6.07, 6.45) is 0.541. The van der Waals surface area contributed by atoms with E-state index in [0.717, 1.165) is 0 Å². The Balaban J connectivity index is 2.88. The molecule has 0 bridgehead atoms. The van der Waals surface area contributed by atoms with Crippen molar-refractivity contribution in [1.82, 2.24) is 10.2 Å². The van der Waals surface area contributed by atoms with Crippen LogP contribution in [0.25, 0.3) is 0 Å². The lowest BCUT2D eigenvalue weighted by atomic mass is 10.2. The summed E-state index contributed by atoms with van der Waals surface area (Å²) >= 11 is 0. The molecule has 0 aliphatic heterocycles. The van der Waals surface area contributed by atoms with Crippen LogP contribution in [0.2, 0.25) is 0 Å². The number of hydrogen-bond donors (Lipinski definition) is 0. The molecule has 0 saturated heterocycles. The number of hydrogen-bond acceptors (Lipinski definition) is 4. The fourth-order valence-corrected chi connectivity index (χ4v) is 0.527. The molecule has 0 spiro atoms. The molecule has 0 amide bonds. The molecule has 0 aromatic carbocycles. The Morgan fingerprint density at radius 3 is 2.50 bits per heavy atom. The standard InChI is InChI=1S/C6H8N2O2/c1-4(2)6-8-7-5(3-9)10-6/h3-4H,1-2H3. The van der Waals surface area contributed by atoms with Crippen LogP contribution in [0, 0.1) is 0 Å². The largest absolute Gasteiger partial charge is 0.418 e. The Morgan fingerprint density at radius 2 is 2.20 bits per heavy atom. The van der Waals surface area contributed by atoms with Crippen molar-refractivity contribution in [1.29, 1.82) is 0 Å². The van der Waals surface area contributed by atoms with Gasteiger partial charge in [-0.15, -0.1) is 10.2 Å². The summed E-state index contributed by atoms with van der Waals surface area (Å²) in [4.78, 5) is 10.0. The van der Waals surface area contributed by atoms with Gasteiger partial charge in [-0.1, -0.05) is 13.8 Å². The molecule has 0 saturated carbocycles. The van der Waals surface area contributed by atoms with Gasteiger partial charge in [-0.25, -0.2) is 0 Å². The number of carbonyl (C=O) groups excluding carboxylic acids is 1. The molecule has 0 aliphatic rings. The lowest BCUT2D eigenvalue weighted by Crippen LogP contribution is -1.85. The Bertz CT molecular complexity index is 229. The lowest BCUT2D eigenvalue weighted by molar-refractivity contribution is 0.109. The molecule has 0 N–H and O–H groups in total. The van der Waals surface area contributed by atoms with Crippen molar-refractivity contribution in [3.8, 4) is 0 Å². The van der Waals surface area contributed by atoms with Gasteiger partial charge in [0.15, 0.2) is 0 Å². The predicted molar refractivity (Wildman–Crippen MR) is 33.8 cm³/mol. The molecule has 0 radical (unpaired) electrons. The van der Waals surface area contributed by atoms with Crippen LogP contribution in [0.3, 0.4) is 0 Å². The van der Waals surface area contributed by atoms with Crippen LogP contribution in [0.5, 0.6) is 0 Å². The van der Waals surface area contributed by atoms with Crippen molar-refractivity contribution in [3.05, 3.63) is 11.8 Å². The van der Waals surface area contributed by atoms with Crippen LogP contribution in [0.4, 0.5) is 0 Å². The highest BCUT2D eigenvalue weighted by Gasteiger charge is 2.07. The van der Waals surface area contributed by atoms with Gasteiger partial charge >= 0.3 is 0 Å². The van der Waals surface area contributed by atoms with Crippen LogP contribution < -0.4 is 0 Å². The van der Waals surface area contributed by atoms with Crippen LogP contribution in [-0.2, 0) is 0 Å². The van der Waals surface area contributed by atoms with Crippen LogP contribution >= 0.6 is 0 Å². The zero-order valence-corrected chi connectivity index (χ0v) is 5.87. The van der Waals surface area contributed by atoms with Gasteiger partial charge in [0, 0.05) is 5.92 Å². The van der Waals surface area contributed by atoms with Crippen molar-refractivity contribution in [2.24, 2.45) is 0 Å². The molecule has 0 aliphatic carbocycles. The van der Waals surface area contributed by atoms with Gasteiger partial charge in [0.25, 0.3) is 5.89 Å². The first-order valence-corrected chi connectivity index (χ1v) is 3.02. The molecule has 1 heterocycles. The summed E-state index contributed by atoms with van der Waals surface area (Å²) < 4.78 is 4.90.